The predicted molar refractivity (Wildman–Crippen MR) is 209 cm³/mol. The Bertz CT molecular complexity index is 691. The van der Waals surface area contributed by atoms with Gasteiger partial charge in [0.15, 0.2) is 0 Å². The van der Waals surface area contributed by atoms with Gasteiger partial charge in [0.2, 0.25) is 11.7 Å². The molecule has 0 aromatic heterocycles. The molecule has 0 atom stereocenters. The van der Waals surface area contributed by atoms with Crippen molar-refractivity contribution in [3.63, 3.8) is 0 Å². The van der Waals surface area contributed by atoms with Crippen LogP contribution < -0.4 is 10.6 Å². The number of nitrogens with one attached hydrogen (secondary N) is 2. The molecule has 0 aromatic carbocycles. The average molecular weight is 661 g/mol. The van der Waals surface area contributed by atoms with Crippen molar-refractivity contribution in [3.05, 3.63) is 0 Å². The molecule has 4 heteroatoms. The third kappa shape index (κ3) is 30.7. The second-order valence-corrected chi connectivity index (χ2v) is 15.2. The third-order valence-corrected chi connectivity index (χ3v) is 10.6. The van der Waals surface area contributed by atoms with Gasteiger partial charge in [-0.2, -0.15) is 0 Å². The Balaban J connectivity index is 1.85. The summed E-state index contributed by atoms with van der Waals surface area (Å²) < 4.78 is 2.47. The van der Waals surface area contributed by atoms with Crippen molar-refractivity contribution in [2.45, 2.75) is 239 Å². The first-order valence-corrected chi connectivity index (χ1v) is 21.9. The van der Waals surface area contributed by atoms with E-state index in [-0.39, 0.29) is 5.91 Å². The van der Waals surface area contributed by atoms with Crippen LogP contribution in [0.3, 0.4) is 0 Å². The molecule has 0 aromatic rings. The molecule has 0 spiro atoms. The molecule has 0 radical (unpaired) electrons. The predicted octanol–water partition coefficient (Wildman–Crippen LogP) is 12.8. The number of amides is 1. The summed E-state index contributed by atoms with van der Waals surface area (Å²) in [6.07, 6.45) is 48.1. The van der Waals surface area contributed by atoms with Gasteiger partial charge in [-0.1, -0.05) is 213 Å². The standard InChI is InChI=1S/C43H85N3O/c1-3-5-7-9-11-13-15-17-19-21-23-25-27-29-31-33-35-37-43(47)45-39-41-46-40-38-44-42(46)36-34-32-30-28-26-24-22-20-18-16-14-12-10-8-6-4-2/h3-41H2,1-2H3,(H,45,47)/p+1. The molecule has 0 saturated heterocycles. The molecule has 0 fully saturated rings. The lowest BCUT2D eigenvalue weighted by atomic mass is 10.0. The van der Waals surface area contributed by atoms with E-state index in [1.807, 2.05) is 0 Å². The normalized spacial score (nSPS) is 13.1. The van der Waals surface area contributed by atoms with Crippen LogP contribution in [0.1, 0.15) is 239 Å². The molecule has 1 amide bonds. The fraction of sp³-hybridized carbons (Fsp3) is 0.953. The van der Waals surface area contributed by atoms with E-state index in [1.54, 1.807) is 0 Å². The number of hydrogen-bond acceptors (Lipinski definition) is 2. The number of amidine groups is 1. The van der Waals surface area contributed by atoms with Gasteiger partial charge in [0.25, 0.3) is 0 Å². The molecule has 0 bridgehead atoms. The van der Waals surface area contributed by atoms with Crippen molar-refractivity contribution >= 4 is 11.7 Å². The quantitative estimate of drug-likeness (QED) is 0.0511. The SMILES string of the molecule is CCCCCCCCCCCCCCCCCCCC(=O)NCC[N+]1=C(CCCCCCCCCCCCCCCCCC)NCC1. The summed E-state index contributed by atoms with van der Waals surface area (Å²) in [5.41, 5.74) is 0. The molecule has 0 aliphatic carbocycles. The molecule has 1 aliphatic rings. The van der Waals surface area contributed by atoms with Gasteiger partial charge in [-0.3, -0.25) is 14.7 Å². The van der Waals surface area contributed by atoms with E-state index in [2.05, 4.69) is 29.1 Å². The summed E-state index contributed by atoms with van der Waals surface area (Å²) in [4.78, 5) is 12.3. The van der Waals surface area contributed by atoms with Crippen molar-refractivity contribution in [2.24, 2.45) is 0 Å². The van der Waals surface area contributed by atoms with E-state index in [0.29, 0.717) is 6.42 Å². The van der Waals surface area contributed by atoms with Crippen LogP contribution in [-0.4, -0.2) is 42.5 Å². The first-order chi connectivity index (χ1) is 23.3. The average Bonchev–Trinajstić information content (AvgIpc) is 3.53. The molecule has 0 unspecified atom stereocenters. The first-order valence-electron chi connectivity index (χ1n) is 21.9. The first kappa shape index (κ1) is 44.0. The number of carbonyl (C=O) groups excluding carboxylic acids is 1. The summed E-state index contributed by atoms with van der Waals surface area (Å²) in [5.74, 6) is 1.66. The van der Waals surface area contributed by atoms with Crippen LogP contribution in [0.4, 0.5) is 0 Å². The topological polar surface area (TPSA) is 44.1 Å². The third-order valence-electron chi connectivity index (χ3n) is 10.6. The number of carbonyl (C=O) groups is 1. The Morgan fingerprint density at radius 1 is 0.511 bits per heavy atom. The van der Waals surface area contributed by atoms with Gasteiger partial charge < -0.3 is 5.32 Å². The Hall–Kier alpha value is -1.06. The van der Waals surface area contributed by atoms with Crippen molar-refractivity contribution in [1.29, 1.82) is 0 Å². The van der Waals surface area contributed by atoms with E-state index < -0.39 is 0 Å². The van der Waals surface area contributed by atoms with Gasteiger partial charge in [-0.15, -0.1) is 0 Å². The molecule has 1 aliphatic heterocycles. The lowest BCUT2D eigenvalue weighted by Crippen LogP contribution is -2.32. The van der Waals surface area contributed by atoms with E-state index in [9.17, 15) is 4.79 Å². The second-order valence-electron chi connectivity index (χ2n) is 15.2. The van der Waals surface area contributed by atoms with Gasteiger partial charge in [0, 0.05) is 12.8 Å². The maximum absolute atomic E-state index is 12.3. The van der Waals surface area contributed by atoms with Crippen LogP contribution in [0.15, 0.2) is 0 Å². The number of rotatable bonds is 38. The summed E-state index contributed by atoms with van der Waals surface area (Å²) >= 11 is 0. The minimum Gasteiger partial charge on any atom is -0.352 e. The monoisotopic (exact) mass is 661 g/mol. The summed E-state index contributed by atoms with van der Waals surface area (Å²) in [7, 11) is 0. The summed E-state index contributed by atoms with van der Waals surface area (Å²) in [5, 5.41) is 6.80. The van der Waals surface area contributed by atoms with Crippen LogP contribution in [-0.2, 0) is 4.79 Å². The second kappa shape index (κ2) is 36.2. The highest BCUT2D eigenvalue weighted by Crippen LogP contribution is 2.16. The minimum absolute atomic E-state index is 0.248. The van der Waals surface area contributed by atoms with Crippen molar-refractivity contribution in [3.8, 4) is 0 Å². The van der Waals surface area contributed by atoms with E-state index >= 15 is 0 Å². The fourth-order valence-electron chi connectivity index (χ4n) is 7.34. The number of nitrogens with zero attached hydrogens (tertiary/aromatic N) is 1. The molecule has 4 nitrogen and oxygen atoms in total. The van der Waals surface area contributed by atoms with Crippen molar-refractivity contribution in [1.82, 2.24) is 10.6 Å². The van der Waals surface area contributed by atoms with Crippen molar-refractivity contribution < 1.29 is 9.37 Å². The summed E-state index contributed by atoms with van der Waals surface area (Å²) in [6.45, 7) is 8.47. The lowest BCUT2D eigenvalue weighted by molar-refractivity contribution is -0.517. The molecular formula is C43H86N3O+. The van der Waals surface area contributed by atoms with Gasteiger partial charge in [-0.05, 0) is 12.8 Å². The van der Waals surface area contributed by atoms with E-state index in [1.165, 1.54) is 218 Å². The molecule has 278 valence electrons. The molecular weight excluding hydrogens is 574 g/mol. The van der Waals surface area contributed by atoms with Gasteiger partial charge in [0.05, 0.1) is 6.54 Å². The maximum atomic E-state index is 12.3. The summed E-state index contributed by atoms with van der Waals surface area (Å²) in [6, 6.07) is 0. The van der Waals surface area contributed by atoms with Crippen LogP contribution in [0.5, 0.6) is 0 Å². The highest BCUT2D eigenvalue weighted by Gasteiger charge is 2.19. The largest absolute Gasteiger partial charge is 0.352 e. The highest BCUT2D eigenvalue weighted by molar-refractivity contribution is 5.78. The Morgan fingerprint density at radius 2 is 0.851 bits per heavy atom. The molecule has 2 N–H and O–H groups in total. The van der Waals surface area contributed by atoms with Gasteiger partial charge in [-0.25, -0.2) is 0 Å². The van der Waals surface area contributed by atoms with Crippen LogP contribution in [0.2, 0.25) is 0 Å². The molecule has 0 saturated carbocycles. The Morgan fingerprint density at radius 3 is 1.23 bits per heavy atom. The highest BCUT2D eigenvalue weighted by atomic mass is 16.1. The lowest BCUT2D eigenvalue weighted by Gasteiger charge is -2.07. The number of unbranched alkanes of at least 4 members (excludes halogenated alkanes) is 31. The zero-order valence-electron chi connectivity index (χ0n) is 32.4. The zero-order chi connectivity index (χ0) is 33.7. The Labute approximate surface area is 295 Å². The fourth-order valence-corrected chi connectivity index (χ4v) is 7.34. The van der Waals surface area contributed by atoms with Crippen LogP contribution in [0, 0.1) is 0 Å². The minimum atomic E-state index is 0.248. The number of hydrogen-bond donors (Lipinski definition) is 2. The van der Waals surface area contributed by atoms with Gasteiger partial charge >= 0.3 is 0 Å². The molecule has 1 rings (SSSR count). The van der Waals surface area contributed by atoms with Crippen LogP contribution >= 0.6 is 0 Å². The van der Waals surface area contributed by atoms with Gasteiger partial charge in [0.1, 0.15) is 19.6 Å². The Kier molecular flexibility index (Phi) is 33.9. The zero-order valence-corrected chi connectivity index (χ0v) is 32.4. The van der Waals surface area contributed by atoms with E-state index in [0.717, 1.165) is 32.6 Å². The van der Waals surface area contributed by atoms with Crippen molar-refractivity contribution in [2.75, 3.05) is 26.2 Å². The smallest absolute Gasteiger partial charge is 0.244 e. The molecule has 1 heterocycles. The molecule has 47 heavy (non-hydrogen) atoms. The van der Waals surface area contributed by atoms with E-state index in [4.69, 9.17) is 0 Å². The van der Waals surface area contributed by atoms with Crippen LogP contribution in [0.25, 0.3) is 0 Å². The maximum Gasteiger partial charge on any atom is 0.244 e.